The molecule has 6 heteroatoms. The molecular formula is C24H23N3O3. The molecule has 3 aromatic rings. The van der Waals surface area contributed by atoms with Crippen LogP contribution in [-0.2, 0) is 11.3 Å². The molecule has 1 heterocycles. The van der Waals surface area contributed by atoms with E-state index in [1.54, 1.807) is 4.90 Å². The second-order valence-electron chi connectivity index (χ2n) is 7.34. The van der Waals surface area contributed by atoms with Crippen molar-refractivity contribution in [2.24, 2.45) is 5.73 Å². The maximum absolute atomic E-state index is 12.8. The standard InChI is InChI=1S/C24H23N3O3/c1-3-30-22-11-17(7-9-21(22)25)16-5-4-15-6-8-18-20(19(15)10-16)13-27(24(18)29)12-14(2)23(26)28/h4-11H,2-3,12-13,25H2,1H3,(H2,26,28). The highest BCUT2D eigenvalue weighted by Crippen LogP contribution is 2.35. The Labute approximate surface area is 174 Å². The molecule has 0 unspecified atom stereocenters. The van der Waals surface area contributed by atoms with Crippen molar-refractivity contribution in [3.8, 4) is 16.9 Å². The molecule has 1 aliphatic rings. The van der Waals surface area contributed by atoms with E-state index in [9.17, 15) is 9.59 Å². The SMILES string of the molecule is C=C(CN1Cc2c(ccc3ccc(-c4ccc(N)c(OCC)c4)cc23)C1=O)C(N)=O. The van der Waals surface area contributed by atoms with E-state index in [2.05, 4.69) is 12.6 Å². The zero-order valence-corrected chi connectivity index (χ0v) is 16.8. The van der Waals surface area contributed by atoms with E-state index in [-0.39, 0.29) is 18.0 Å². The second-order valence-corrected chi connectivity index (χ2v) is 7.34. The molecular weight excluding hydrogens is 378 g/mol. The molecule has 4 rings (SSSR count). The van der Waals surface area contributed by atoms with Crippen LogP contribution in [0.15, 0.2) is 60.7 Å². The Morgan fingerprint density at radius 3 is 2.57 bits per heavy atom. The average Bonchev–Trinajstić information content (AvgIpc) is 3.05. The van der Waals surface area contributed by atoms with Crippen molar-refractivity contribution in [1.29, 1.82) is 0 Å². The quantitative estimate of drug-likeness (QED) is 0.488. The summed E-state index contributed by atoms with van der Waals surface area (Å²) in [6.45, 7) is 6.66. The number of ether oxygens (including phenoxy) is 1. The largest absolute Gasteiger partial charge is 0.492 e. The fraction of sp³-hybridized carbons (Fsp3) is 0.167. The van der Waals surface area contributed by atoms with Crippen LogP contribution >= 0.6 is 0 Å². The smallest absolute Gasteiger partial charge is 0.254 e. The maximum atomic E-state index is 12.8. The summed E-state index contributed by atoms with van der Waals surface area (Å²) in [5.74, 6) is -0.0649. The van der Waals surface area contributed by atoms with Gasteiger partial charge in [0.15, 0.2) is 0 Å². The second kappa shape index (κ2) is 7.55. The van der Waals surface area contributed by atoms with Gasteiger partial charge in [0.2, 0.25) is 5.91 Å². The molecule has 6 nitrogen and oxygen atoms in total. The predicted octanol–water partition coefficient (Wildman–Crippen LogP) is 3.49. The van der Waals surface area contributed by atoms with Gasteiger partial charge in [0.1, 0.15) is 5.75 Å². The number of carbonyl (C=O) groups is 2. The number of amides is 2. The summed E-state index contributed by atoms with van der Waals surface area (Å²) in [5.41, 5.74) is 15.7. The van der Waals surface area contributed by atoms with Crippen LogP contribution in [-0.4, -0.2) is 29.9 Å². The van der Waals surface area contributed by atoms with Crippen LogP contribution in [0.2, 0.25) is 0 Å². The topological polar surface area (TPSA) is 98.7 Å². The predicted molar refractivity (Wildman–Crippen MR) is 118 cm³/mol. The Hall–Kier alpha value is -3.80. The van der Waals surface area contributed by atoms with Crippen molar-refractivity contribution in [3.05, 3.63) is 71.8 Å². The van der Waals surface area contributed by atoms with E-state index in [1.807, 2.05) is 49.4 Å². The van der Waals surface area contributed by atoms with Crippen LogP contribution in [0.25, 0.3) is 21.9 Å². The highest BCUT2D eigenvalue weighted by molar-refractivity contribution is 6.05. The number of primary amides is 1. The fourth-order valence-electron chi connectivity index (χ4n) is 3.80. The monoisotopic (exact) mass is 401 g/mol. The maximum Gasteiger partial charge on any atom is 0.254 e. The Morgan fingerprint density at radius 2 is 1.83 bits per heavy atom. The van der Waals surface area contributed by atoms with Crippen LogP contribution in [0.1, 0.15) is 22.8 Å². The van der Waals surface area contributed by atoms with Crippen molar-refractivity contribution >= 4 is 28.3 Å². The van der Waals surface area contributed by atoms with E-state index in [4.69, 9.17) is 16.2 Å². The molecule has 0 fully saturated rings. The van der Waals surface area contributed by atoms with Crippen LogP contribution in [0.5, 0.6) is 5.75 Å². The number of rotatable bonds is 6. The molecule has 0 radical (unpaired) electrons. The highest BCUT2D eigenvalue weighted by atomic mass is 16.5. The van der Waals surface area contributed by atoms with E-state index < -0.39 is 5.91 Å². The number of anilines is 1. The van der Waals surface area contributed by atoms with E-state index >= 15 is 0 Å². The van der Waals surface area contributed by atoms with Gasteiger partial charge in [0.05, 0.1) is 18.8 Å². The number of nitrogens with zero attached hydrogens (tertiary/aromatic N) is 1. The molecule has 30 heavy (non-hydrogen) atoms. The first kappa shape index (κ1) is 19.5. The van der Waals surface area contributed by atoms with Crippen LogP contribution < -0.4 is 16.2 Å². The Morgan fingerprint density at radius 1 is 1.13 bits per heavy atom. The first-order valence-corrected chi connectivity index (χ1v) is 9.74. The van der Waals surface area contributed by atoms with Gasteiger partial charge < -0.3 is 21.1 Å². The van der Waals surface area contributed by atoms with Gasteiger partial charge in [-0.05, 0) is 58.7 Å². The lowest BCUT2D eigenvalue weighted by molar-refractivity contribution is -0.114. The first-order valence-electron chi connectivity index (χ1n) is 9.74. The molecule has 152 valence electrons. The molecule has 0 saturated heterocycles. The number of fused-ring (bicyclic) bond motifs is 3. The van der Waals surface area contributed by atoms with E-state index in [0.29, 0.717) is 30.2 Å². The van der Waals surface area contributed by atoms with E-state index in [0.717, 1.165) is 27.5 Å². The minimum Gasteiger partial charge on any atom is -0.492 e. The highest BCUT2D eigenvalue weighted by Gasteiger charge is 2.29. The van der Waals surface area contributed by atoms with Crippen molar-refractivity contribution in [3.63, 3.8) is 0 Å². The molecule has 3 aromatic carbocycles. The molecule has 0 aliphatic carbocycles. The molecule has 4 N–H and O–H groups in total. The molecule has 2 amide bonds. The molecule has 0 spiro atoms. The summed E-state index contributed by atoms with van der Waals surface area (Å²) < 4.78 is 5.62. The van der Waals surface area contributed by atoms with Crippen LogP contribution in [0, 0.1) is 0 Å². The molecule has 1 aliphatic heterocycles. The lowest BCUT2D eigenvalue weighted by atomic mass is 9.96. The number of nitrogens with two attached hydrogens (primary N) is 2. The van der Waals surface area contributed by atoms with Gasteiger partial charge in [-0.15, -0.1) is 0 Å². The van der Waals surface area contributed by atoms with Crippen molar-refractivity contribution in [2.75, 3.05) is 18.9 Å². The van der Waals surface area contributed by atoms with Gasteiger partial charge in [0, 0.05) is 17.7 Å². The third-order valence-corrected chi connectivity index (χ3v) is 5.38. The summed E-state index contributed by atoms with van der Waals surface area (Å²) >= 11 is 0. The Balaban J connectivity index is 1.75. The van der Waals surface area contributed by atoms with Crippen LogP contribution in [0.3, 0.4) is 0 Å². The summed E-state index contributed by atoms with van der Waals surface area (Å²) in [7, 11) is 0. The molecule has 0 atom stereocenters. The van der Waals surface area contributed by atoms with Gasteiger partial charge in [0.25, 0.3) is 5.91 Å². The van der Waals surface area contributed by atoms with Gasteiger partial charge >= 0.3 is 0 Å². The lowest BCUT2D eigenvalue weighted by Gasteiger charge is -2.15. The number of benzene rings is 3. The average molecular weight is 401 g/mol. The van der Waals surface area contributed by atoms with Crippen LogP contribution in [0.4, 0.5) is 5.69 Å². The number of carbonyl (C=O) groups excluding carboxylic acids is 2. The first-order chi connectivity index (χ1) is 14.4. The summed E-state index contributed by atoms with van der Waals surface area (Å²) in [5, 5.41) is 2.04. The van der Waals surface area contributed by atoms with Crippen molar-refractivity contribution in [2.45, 2.75) is 13.5 Å². The zero-order valence-electron chi connectivity index (χ0n) is 16.8. The lowest BCUT2D eigenvalue weighted by Crippen LogP contribution is -2.30. The van der Waals surface area contributed by atoms with Gasteiger partial charge in [-0.1, -0.05) is 30.8 Å². The number of hydrogen-bond acceptors (Lipinski definition) is 4. The zero-order chi connectivity index (χ0) is 21.4. The minimum atomic E-state index is -0.598. The fourth-order valence-corrected chi connectivity index (χ4v) is 3.80. The molecule has 0 saturated carbocycles. The summed E-state index contributed by atoms with van der Waals surface area (Å²) in [6, 6.07) is 15.7. The Kier molecular flexibility index (Phi) is 4.91. The molecule has 0 bridgehead atoms. The van der Waals surface area contributed by atoms with E-state index in [1.165, 1.54) is 0 Å². The third kappa shape index (κ3) is 3.37. The third-order valence-electron chi connectivity index (χ3n) is 5.38. The normalized spacial score (nSPS) is 12.8. The van der Waals surface area contributed by atoms with Gasteiger partial charge in [-0.3, -0.25) is 9.59 Å². The Bertz CT molecular complexity index is 1200. The van der Waals surface area contributed by atoms with Gasteiger partial charge in [-0.2, -0.15) is 0 Å². The summed E-state index contributed by atoms with van der Waals surface area (Å²) in [4.78, 5) is 25.8. The molecule has 0 aromatic heterocycles. The van der Waals surface area contributed by atoms with Crippen molar-refractivity contribution < 1.29 is 14.3 Å². The number of hydrogen-bond donors (Lipinski definition) is 2. The van der Waals surface area contributed by atoms with Crippen molar-refractivity contribution in [1.82, 2.24) is 4.90 Å². The van der Waals surface area contributed by atoms with Gasteiger partial charge in [-0.25, -0.2) is 0 Å². The number of nitrogen functional groups attached to an aromatic ring is 1. The minimum absolute atomic E-state index is 0.120. The summed E-state index contributed by atoms with van der Waals surface area (Å²) in [6.07, 6.45) is 0.